The summed E-state index contributed by atoms with van der Waals surface area (Å²) < 4.78 is 26.8. The Morgan fingerprint density at radius 1 is 1.37 bits per heavy atom. The van der Waals surface area contributed by atoms with Crippen LogP contribution < -0.4 is 5.73 Å². The first kappa shape index (κ1) is 15.7. The lowest BCUT2D eigenvalue weighted by Gasteiger charge is -2.21. The number of nitrogen functional groups attached to an aromatic ring is 1. The molecule has 0 heterocycles. The Labute approximate surface area is 116 Å². The average Bonchev–Trinajstić information content (AvgIpc) is 2.38. The summed E-state index contributed by atoms with van der Waals surface area (Å²) in [4.78, 5) is 0.310. The zero-order valence-electron chi connectivity index (χ0n) is 11.6. The van der Waals surface area contributed by atoms with Crippen molar-refractivity contribution >= 4 is 15.7 Å². The minimum atomic E-state index is -3.51. The Bertz CT molecular complexity index is 538. The van der Waals surface area contributed by atoms with Crippen LogP contribution in [0, 0.1) is 0 Å². The average molecular weight is 282 g/mol. The lowest BCUT2D eigenvalue weighted by atomic mass is 10.1. The second-order valence-electron chi connectivity index (χ2n) is 4.37. The molecule has 0 amide bonds. The van der Waals surface area contributed by atoms with E-state index in [0.717, 1.165) is 12.0 Å². The van der Waals surface area contributed by atoms with Gasteiger partial charge in [-0.05, 0) is 30.5 Å². The van der Waals surface area contributed by atoms with Crippen molar-refractivity contribution in [3.05, 3.63) is 36.4 Å². The molecule has 0 saturated carbocycles. The van der Waals surface area contributed by atoms with Crippen LogP contribution in [0.15, 0.2) is 35.7 Å². The van der Waals surface area contributed by atoms with Gasteiger partial charge in [0.15, 0.2) is 0 Å². The van der Waals surface area contributed by atoms with Gasteiger partial charge in [-0.3, -0.25) is 0 Å². The Morgan fingerprint density at radius 3 is 2.58 bits per heavy atom. The van der Waals surface area contributed by atoms with Gasteiger partial charge in [0.1, 0.15) is 0 Å². The van der Waals surface area contributed by atoms with Gasteiger partial charge in [0.05, 0.1) is 4.90 Å². The van der Waals surface area contributed by atoms with Gasteiger partial charge in [-0.15, -0.1) is 6.58 Å². The molecule has 1 rings (SSSR count). The summed E-state index contributed by atoms with van der Waals surface area (Å²) in [6.45, 7) is 8.29. The van der Waals surface area contributed by atoms with Gasteiger partial charge in [0.2, 0.25) is 10.0 Å². The number of sulfonamides is 1. The molecule has 2 N–H and O–H groups in total. The third-order valence-electron chi connectivity index (χ3n) is 2.90. The highest BCUT2D eigenvalue weighted by Gasteiger charge is 2.25. The van der Waals surface area contributed by atoms with E-state index in [2.05, 4.69) is 6.58 Å². The molecule has 0 aromatic heterocycles. The van der Waals surface area contributed by atoms with Crippen LogP contribution >= 0.6 is 0 Å². The lowest BCUT2D eigenvalue weighted by molar-refractivity contribution is 0.441. The topological polar surface area (TPSA) is 63.4 Å². The predicted octanol–water partition coefficient (Wildman–Crippen LogP) is 2.42. The molecule has 0 radical (unpaired) electrons. The molecule has 1 aromatic carbocycles. The largest absolute Gasteiger partial charge is 0.399 e. The van der Waals surface area contributed by atoms with Crippen LogP contribution in [0.1, 0.15) is 25.8 Å². The fraction of sp³-hybridized carbons (Fsp3) is 0.429. The second-order valence-corrected chi connectivity index (χ2v) is 6.28. The molecule has 0 saturated heterocycles. The van der Waals surface area contributed by atoms with Crippen LogP contribution in [0.25, 0.3) is 0 Å². The van der Waals surface area contributed by atoms with Crippen LogP contribution in [-0.4, -0.2) is 25.8 Å². The van der Waals surface area contributed by atoms with Crippen molar-refractivity contribution < 1.29 is 8.42 Å². The molecule has 0 aliphatic heterocycles. The first-order chi connectivity index (χ1) is 8.97. The van der Waals surface area contributed by atoms with Gasteiger partial charge in [-0.25, -0.2) is 8.42 Å². The molecule has 0 bridgehead atoms. The Morgan fingerprint density at radius 2 is 2.05 bits per heavy atom. The molecule has 0 unspecified atom stereocenters. The first-order valence-electron chi connectivity index (χ1n) is 6.46. The minimum Gasteiger partial charge on any atom is -0.399 e. The Balaban J connectivity index is 3.31. The van der Waals surface area contributed by atoms with Crippen molar-refractivity contribution in [2.45, 2.75) is 31.6 Å². The van der Waals surface area contributed by atoms with Crippen LogP contribution in [0.2, 0.25) is 0 Å². The lowest BCUT2D eigenvalue weighted by Crippen LogP contribution is -2.32. The summed E-state index contributed by atoms with van der Waals surface area (Å²) in [6, 6.07) is 5.05. The van der Waals surface area contributed by atoms with Gasteiger partial charge in [0, 0.05) is 18.8 Å². The van der Waals surface area contributed by atoms with Crippen LogP contribution in [-0.2, 0) is 16.4 Å². The van der Waals surface area contributed by atoms with Gasteiger partial charge in [0.25, 0.3) is 0 Å². The zero-order valence-corrected chi connectivity index (χ0v) is 12.4. The summed E-state index contributed by atoms with van der Waals surface area (Å²) in [5, 5.41) is 0. The highest BCUT2D eigenvalue weighted by Crippen LogP contribution is 2.23. The van der Waals surface area contributed by atoms with Crippen LogP contribution in [0.4, 0.5) is 5.69 Å². The third kappa shape index (κ3) is 3.58. The fourth-order valence-corrected chi connectivity index (χ4v) is 3.78. The number of rotatable bonds is 7. The monoisotopic (exact) mass is 282 g/mol. The molecule has 5 heteroatoms. The molecule has 0 aliphatic carbocycles. The van der Waals surface area contributed by atoms with Crippen molar-refractivity contribution in [1.29, 1.82) is 0 Å². The summed E-state index contributed by atoms with van der Waals surface area (Å²) in [7, 11) is -3.51. The van der Waals surface area contributed by atoms with Gasteiger partial charge >= 0.3 is 0 Å². The van der Waals surface area contributed by atoms with Crippen molar-refractivity contribution in [1.82, 2.24) is 4.31 Å². The molecular weight excluding hydrogens is 260 g/mol. The fourth-order valence-electron chi connectivity index (χ4n) is 1.95. The van der Waals surface area contributed by atoms with Gasteiger partial charge in [-0.2, -0.15) is 4.31 Å². The smallest absolute Gasteiger partial charge is 0.243 e. The predicted molar refractivity (Wildman–Crippen MR) is 79.5 cm³/mol. The quantitative estimate of drug-likeness (QED) is 0.617. The summed E-state index contributed by atoms with van der Waals surface area (Å²) >= 11 is 0. The summed E-state index contributed by atoms with van der Waals surface area (Å²) in [5.41, 5.74) is 6.98. The SMILES string of the molecule is C=CCN(CCC)S(=O)(=O)c1cc(N)ccc1CC. The number of nitrogens with two attached hydrogens (primary N) is 1. The van der Waals surface area contributed by atoms with E-state index in [1.165, 1.54) is 4.31 Å². The highest BCUT2D eigenvalue weighted by molar-refractivity contribution is 7.89. The van der Waals surface area contributed by atoms with E-state index >= 15 is 0 Å². The maximum atomic E-state index is 12.7. The number of nitrogens with zero attached hydrogens (tertiary/aromatic N) is 1. The minimum absolute atomic E-state index is 0.310. The first-order valence-corrected chi connectivity index (χ1v) is 7.90. The number of aryl methyl sites for hydroxylation is 1. The molecule has 106 valence electrons. The molecule has 0 fully saturated rings. The summed E-state index contributed by atoms with van der Waals surface area (Å²) in [6.07, 6.45) is 3.02. The normalized spacial score (nSPS) is 11.7. The number of hydrogen-bond donors (Lipinski definition) is 1. The standard InChI is InChI=1S/C14H22N2O2S/c1-4-9-16(10-5-2)19(17,18)14-11-13(15)8-7-12(14)6-3/h4,7-8,11H,1,5-6,9-10,15H2,2-3H3. The number of anilines is 1. The Kier molecular flexibility index (Phi) is 5.57. The van der Waals surface area contributed by atoms with E-state index in [1.54, 1.807) is 24.3 Å². The van der Waals surface area contributed by atoms with Crippen molar-refractivity contribution in [3.8, 4) is 0 Å². The molecule has 19 heavy (non-hydrogen) atoms. The van der Waals surface area contributed by atoms with Gasteiger partial charge < -0.3 is 5.73 Å². The van der Waals surface area contributed by atoms with E-state index in [-0.39, 0.29) is 0 Å². The van der Waals surface area contributed by atoms with E-state index < -0.39 is 10.0 Å². The maximum Gasteiger partial charge on any atom is 0.243 e. The molecule has 0 atom stereocenters. The maximum absolute atomic E-state index is 12.7. The highest BCUT2D eigenvalue weighted by atomic mass is 32.2. The second kappa shape index (κ2) is 6.73. The molecule has 0 spiro atoms. The zero-order chi connectivity index (χ0) is 14.5. The van der Waals surface area contributed by atoms with E-state index in [1.807, 2.05) is 13.8 Å². The Hall–Kier alpha value is -1.33. The van der Waals surface area contributed by atoms with Gasteiger partial charge in [-0.1, -0.05) is 26.0 Å². The number of hydrogen-bond acceptors (Lipinski definition) is 3. The van der Waals surface area contributed by atoms with Crippen LogP contribution in [0.5, 0.6) is 0 Å². The van der Waals surface area contributed by atoms with E-state index in [0.29, 0.717) is 30.1 Å². The van der Waals surface area contributed by atoms with Crippen LogP contribution in [0.3, 0.4) is 0 Å². The molecular formula is C14H22N2O2S. The van der Waals surface area contributed by atoms with Crippen molar-refractivity contribution in [2.75, 3.05) is 18.8 Å². The molecule has 4 nitrogen and oxygen atoms in total. The third-order valence-corrected chi connectivity index (χ3v) is 4.84. The molecule has 0 aliphatic rings. The van der Waals surface area contributed by atoms with E-state index in [9.17, 15) is 8.42 Å². The number of benzene rings is 1. The molecule has 1 aromatic rings. The van der Waals surface area contributed by atoms with Crippen molar-refractivity contribution in [3.63, 3.8) is 0 Å². The van der Waals surface area contributed by atoms with Crippen molar-refractivity contribution in [2.24, 2.45) is 0 Å². The van der Waals surface area contributed by atoms with E-state index in [4.69, 9.17) is 5.73 Å². The summed E-state index contributed by atoms with van der Waals surface area (Å²) in [5.74, 6) is 0.